The van der Waals surface area contributed by atoms with Crippen LogP contribution < -0.4 is 14.2 Å². The number of likely N-dealkylation sites (N-methyl/N-ethyl adjacent to an activating group) is 1. The molecule has 3 rings (SSSR count). The van der Waals surface area contributed by atoms with Crippen LogP contribution in [0.4, 0.5) is 0 Å². The van der Waals surface area contributed by atoms with E-state index < -0.39 is 0 Å². The molecule has 0 aliphatic heterocycles. The van der Waals surface area contributed by atoms with Crippen molar-refractivity contribution in [3.8, 4) is 6.07 Å². The fourth-order valence-electron chi connectivity index (χ4n) is 2.34. The van der Waals surface area contributed by atoms with Crippen molar-refractivity contribution in [3.05, 3.63) is 59.8 Å². The molecule has 114 valence electrons. The maximum atomic E-state index is 11.5. The van der Waals surface area contributed by atoms with Gasteiger partial charge in [-0.2, -0.15) is 0 Å². The van der Waals surface area contributed by atoms with Crippen molar-refractivity contribution < 1.29 is 4.79 Å². The summed E-state index contributed by atoms with van der Waals surface area (Å²) in [6, 6.07) is 16.0. The number of carbonyl (C=O) groups excluding carboxylic acids is 1. The first-order valence-electron chi connectivity index (χ1n) is 7.18. The standard InChI is InChI=1S/C18H15N3OSe/c1-20-18(22)9-13-4-7-15-16(8-13)21-11-17(15)23-14-5-2-12(10-19)3-6-14/h2-8,11,21H,9H2,1H3,(H,20,22). The van der Waals surface area contributed by atoms with Crippen molar-refractivity contribution in [1.29, 1.82) is 5.26 Å². The molecular formula is C18H15N3OSe. The number of aromatic amines is 1. The van der Waals surface area contributed by atoms with Crippen LogP contribution in [-0.2, 0) is 11.2 Å². The first kappa shape index (κ1) is 15.4. The van der Waals surface area contributed by atoms with Crippen LogP contribution in [0.2, 0.25) is 0 Å². The van der Waals surface area contributed by atoms with E-state index in [1.165, 1.54) is 14.3 Å². The molecule has 1 amide bonds. The summed E-state index contributed by atoms with van der Waals surface area (Å²) in [6.45, 7) is 0. The number of nitrogens with one attached hydrogen (secondary N) is 2. The number of carbonyl (C=O) groups is 1. The van der Waals surface area contributed by atoms with Gasteiger partial charge in [0.1, 0.15) is 0 Å². The summed E-state index contributed by atoms with van der Waals surface area (Å²) in [5.74, 6) is 0.0120. The Hall–Kier alpha value is -2.54. The Labute approximate surface area is 140 Å². The van der Waals surface area contributed by atoms with Gasteiger partial charge in [-0.15, -0.1) is 0 Å². The van der Waals surface area contributed by atoms with Crippen molar-refractivity contribution in [3.63, 3.8) is 0 Å². The Kier molecular flexibility index (Phi) is 4.47. The molecule has 1 heterocycles. The van der Waals surface area contributed by atoms with Gasteiger partial charge in [-0.25, -0.2) is 0 Å². The normalized spacial score (nSPS) is 10.4. The summed E-state index contributed by atoms with van der Waals surface area (Å²) >= 11 is 0.175. The number of amides is 1. The summed E-state index contributed by atoms with van der Waals surface area (Å²) in [5.41, 5.74) is 2.73. The van der Waals surface area contributed by atoms with Gasteiger partial charge in [-0.1, -0.05) is 0 Å². The molecular weight excluding hydrogens is 353 g/mol. The quantitative estimate of drug-likeness (QED) is 0.675. The molecule has 0 atom stereocenters. The van der Waals surface area contributed by atoms with E-state index >= 15 is 0 Å². The molecule has 0 fully saturated rings. The zero-order valence-electron chi connectivity index (χ0n) is 12.6. The molecule has 2 aromatic carbocycles. The molecule has 3 aromatic rings. The number of aromatic nitrogens is 1. The third-order valence-corrected chi connectivity index (χ3v) is 5.80. The van der Waals surface area contributed by atoms with E-state index in [2.05, 4.69) is 22.4 Å². The summed E-state index contributed by atoms with van der Waals surface area (Å²) < 4.78 is 2.50. The van der Waals surface area contributed by atoms with E-state index in [0.717, 1.165) is 11.1 Å². The Morgan fingerprint density at radius 1 is 1.26 bits per heavy atom. The Bertz CT molecular complexity index is 891. The van der Waals surface area contributed by atoms with Crippen LogP contribution in [0.15, 0.2) is 48.7 Å². The van der Waals surface area contributed by atoms with Crippen LogP contribution in [0.5, 0.6) is 0 Å². The summed E-state index contributed by atoms with van der Waals surface area (Å²) in [5, 5.41) is 12.7. The van der Waals surface area contributed by atoms with Crippen LogP contribution in [-0.4, -0.2) is 32.9 Å². The van der Waals surface area contributed by atoms with Crippen molar-refractivity contribution in [1.82, 2.24) is 10.3 Å². The molecule has 0 aliphatic rings. The third-order valence-electron chi connectivity index (χ3n) is 3.56. The van der Waals surface area contributed by atoms with Gasteiger partial charge in [-0.3, -0.25) is 0 Å². The van der Waals surface area contributed by atoms with Crippen molar-refractivity contribution in [2.24, 2.45) is 0 Å². The minimum atomic E-state index is 0.0120. The number of rotatable bonds is 4. The molecule has 0 radical (unpaired) electrons. The second kappa shape index (κ2) is 6.70. The Morgan fingerprint density at radius 2 is 2.04 bits per heavy atom. The Balaban J connectivity index is 1.84. The first-order chi connectivity index (χ1) is 11.2. The zero-order valence-corrected chi connectivity index (χ0v) is 14.3. The van der Waals surface area contributed by atoms with Gasteiger partial charge >= 0.3 is 140 Å². The van der Waals surface area contributed by atoms with Crippen molar-refractivity contribution >= 4 is 40.7 Å². The van der Waals surface area contributed by atoms with Gasteiger partial charge < -0.3 is 0 Å². The molecule has 0 aliphatic carbocycles. The van der Waals surface area contributed by atoms with Crippen molar-refractivity contribution in [2.75, 3.05) is 7.05 Å². The van der Waals surface area contributed by atoms with Gasteiger partial charge in [0.15, 0.2) is 0 Å². The average molecular weight is 368 g/mol. The number of H-pyrrole nitrogens is 1. The van der Waals surface area contributed by atoms with Crippen LogP contribution >= 0.6 is 0 Å². The van der Waals surface area contributed by atoms with Gasteiger partial charge in [-0.05, 0) is 0 Å². The fourth-order valence-corrected chi connectivity index (χ4v) is 4.29. The second-order valence-electron chi connectivity index (χ2n) is 5.12. The zero-order chi connectivity index (χ0) is 16.2. The van der Waals surface area contributed by atoms with Gasteiger partial charge in [0.2, 0.25) is 0 Å². The number of hydrogen-bond acceptors (Lipinski definition) is 2. The first-order valence-corrected chi connectivity index (χ1v) is 8.89. The number of fused-ring (bicyclic) bond motifs is 1. The van der Waals surface area contributed by atoms with Crippen LogP contribution in [0.3, 0.4) is 0 Å². The molecule has 0 unspecified atom stereocenters. The Morgan fingerprint density at radius 3 is 2.74 bits per heavy atom. The third kappa shape index (κ3) is 3.45. The summed E-state index contributed by atoms with van der Waals surface area (Å²) in [6.07, 6.45) is 2.42. The number of hydrogen-bond donors (Lipinski definition) is 2. The van der Waals surface area contributed by atoms with Gasteiger partial charge in [0.05, 0.1) is 0 Å². The number of nitrogens with zero attached hydrogens (tertiary/aromatic N) is 1. The van der Waals surface area contributed by atoms with E-state index in [1.807, 2.05) is 42.6 Å². The molecule has 4 nitrogen and oxygen atoms in total. The molecule has 0 saturated heterocycles. The van der Waals surface area contributed by atoms with Crippen LogP contribution in [0.1, 0.15) is 11.1 Å². The van der Waals surface area contributed by atoms with E-state index in [1.54, 1.807) is 7.05 Å². The minimum absolute atomic E-state index is 0.0120. The molecule has 0 spiro atoms. The molecule has 0 saturated carbocycles. The van der Waals surface area contributed by atoms with E-state index in [0.29, 0.717) is 12.0 Å². The van der Waals surface area contributed by atoms with E-state index in [-0.39, 0.29) is 20.9 Å². The predicted molar refractivity (Wildman–Crippen MR) is 92.2 cm³/mol. The van der Waals surface area contributed by atoms with Crippen molar-refractivity contribution in [2.45, 2.75) is 6.42 Å². The number of nitriles is 1. The van der Waals surface area contributed by atoms with E-state index in [9.17, 15) is 4.79 Å². The molecule has 5 heteroatoms. The average Bonchev–Trinajstić information content (AvgIpc) is 2.97. The van der Waals surface area contributed by atoms with Gasteiger partial charge in [0.25, 0.3) is 0 Å². The SMILES string of the molecule is CNC(=O)Cc1ccc2c([Se]c3ccc(C#N)cc3)c[nH]c2c1. The maximum absolute atomic E-state index is 11.5. The second-order valence-corrected chi connectivity index (χ2v) is 7.46. The van der Waals surface area contributed by atoms with E-state index in [4.69, 9.17) is 5.26 Å². The van der Waals surface area contributed by atoms with Crippen LogP contribution in [0.25, 0.3) is 10.9 Å². The monoisotopic (exact) mass is 369 g/mol. The number of benzene rings is 2. The van der Waals surface area contributed by atoms with Crippen LogP contribution in [0, 0.1) is 11.3 Å². The molecule has 23 heavy (non-hydrogen) atoms. The summed E-state index contributed by atoms with van der Waals surface area (Å²) in [7, 11) is 1.65. The molecule has 1 aromatic heterocycles. The summed E-state index contributed by atoms with van der Waals surface area (Å²) in [4.78, 5) is 14.8. The topological polar surface area (TPSA) is 68.7 Å². The molecule has 2 N–H and O–H groups in total. The van der Waals surface area contributed by atoms with Gasteiger partial charge in [0, 0.05) is 0 Å². The predicted octanol–water partition coefficient (Wildman–Crippen LogP) is 0.983. The molecule has 0 bridgehead atoms. The fraction of sp³-hybridized carbons (Fsp3) is 0.111.